The molecule has 19 heavy (non-hydrogen) atoms. The van der Waals surface area contributed by atoms with Crippen LogP contribution in [0.25, 0.3) is 0 Å². The summed E-state index contributed by atoms with van der Waals surface area (Å²) < 4.78 is 5.13. The second-order valence-electron chi connectivity index (χ2n) is 5.62. The number of amides is 2. The molecule has 2 heterocycles. The highest BCUT2D eigenvalue weighted by Crippen LogP contribution is 2.23. The van der Waals surface area contributed by atoms with Gasteiger partial charge < -0.3 is 19.6 Å². The van der Waals surface area contributed by atoms with Crippen molar-refractivity contribution in [3.8, 4) is 0 Å². The third-order valence-electron chi connectivity index (χ3n) is 4.22. The topological polar surface area (TPSA) is 70.1 Å². The third kappa shape index (κ3) is 3.18. The van der Waals surface area contributed by atoms with Crippen LogP contribution < -0.4 is 0 Å². The lowest BCUT2D eigenvalue weighted by Crippen LogP contribution is -2.55. The monoisotopic (exact) mass is 270 g/mol. The number of carbonyl (C=O) groups is 2. The van der Waals surface area contributed by atoms with Crippen molar-refractivity contribution in [1.29, 1.82) is 0 Å². The highest BCUT2D eigenvalue weighted by Gasteiger charge is 2.33. The van der Waals surface area contributed by atoms with Crippen molar-refractivity contribution in [2.45, 2.75) is 26.4 Å². The summed E-state index contributed by atoms with van der Waals surface area (Å²) in [4.78, 5) is 26.7. The molecule has 0 bridgehead atoms. The molecule has 108 valence electrons. The summed E-state index contributed by atoms with van der Waals surface area (Å²) in [5, 5.41) is 8.95. The number of urea groups is 1. The number of carboxylic acid groups (broad SMARTS) is 1. The van der Waals surface area contributed by atoms with Gasteiger partial charge in [0.25, 0.3) is 0 Å². The summed E-state index contributed by atoms with van der Waals surface area (Å²) in [5.74, 6) is 0.132. The van der Waals surface area contributed by atoms with E-state index >= 15 is 0 Å². The van der Waals surface area contributed by atoms with Crippen LogP contribution in [-0.4, -0.2) is 65.8 Å². The first kappa shape index (κ1) is 14.1. The normalized spacial score (nSPS) is 32.2. The number of likely N-dealkylation sites (tertiary alicyclic amines) is 1. The molecular weight excluding hydrogens is 248 g/mol. The van der Waals surface area contributed by atoms with Crippen molar-refractivity contribution in [3.05, 3.63) is 0 Å². The Morgan fingerprint density at radius 3 is 2.42 bits per heavy atom. The number of carboxylic acids is 1. The molecule has 2 aliphatic rings. The first-order valence-electron chi connectivity index (χ1n) is 6.87. The number of ether oxygens (including phenoxy) is 1. The molecule has 0 saturated carbocycles. The number of piperidine rings is 1. The van der Waals surface area contributed by atoms with Gasteiger partial charge in [-0.2, -0.15) is 0 Å². The second kappa shape index (κ2) is 5.77. The van der Waals surface area contributed by atoms with Gasteiger partial charge in [0.15, 0.2) is 6.10 Å². The van der Waals surface area contributed by atoms with Crippen LogP contribution >= 0.6 is 0 Å². The fourth-order valence-electron chi connectivity index (χ4n) is 2.61. The van der Waals surface area contributed by atoms with Crippen molar-refractivity contribution >= 4 is 12.0 Å². The number of rotatable bonds is 1. The first-order valence-corrected chi connectivity index (χ1v) is 6.87. The molecule has 0 radical (unpaired) electrons. The summed E-state index contributed by atoms with van der Waals surface area (Å²) >= 11 is 0. The molecule has 0 spiro atoms. The maximum atomic E-state index is 12.4. The van der Waals surface area contributed by atoms with Gasteiger partial charge in [-0.25, -0.2) is 9.59 Å². The average molecular weight is 270 g/mol. The highest BCUT2D eigenvalue weighted by atomic mass is 16.5. The van der Waals surface area contributed by atoms with E-state index in [0.717, 1.165) is 19.5 Å². The Hall–Kier alpha value is -1.30. The van der Waals surface area contributed by atoms with E-state index in [9.17, 15) is 9.59 Å². The molecule has 3 unspecified atom stereocenters. The summed E-state index contributed by atoms with van der Waals surface area (Å²) in [6.07, 6.45) is 0.124. The van der Waals surface area contributed by atoms with E-state index in [-0.39, 0.29) is 12.6 Å². The van der Waals surface area contributed by atoms with Crippen LogP contribution in [0.2, 0.25) is 0 Å². The Kier molecular flexibility index (Phi) is 4.29. The van der Waals surface area contributed by atoms with Crippen molar-refractivity contribution in [2.75, 3.05) is 32.8 Å². The Morgan fingerprint density at radius 2 is 1.79 bits per heavy atom. The van der Waals surface area contributed by atoms with Gasteiger partial charge in [0.2, 0.25) is 0 Å². The lowest BCUT2D eigenvalue weighted by molar-refractivity contribution is -0.154. The minimum Gasteiger partial charge on any atom is -0.479 e. The van der Waals surface area contributed by atoms with Crippen LogP contribution in [0.5, 0.6) is 0 Å². The van der Waals surface area contributed by atoms with Crippen LogP contribution in [-0.2, 0) is 9.53 Å². The van der Waals surface area contributed by atoms with E-state index in [4.69, 9.17) is 9.84 Å². The summed E-state index contributed by atoms with van der Waals surface area (Å²) in [5.41, 5.74) is 0. The maximum Gasteiger partial charge on any atom is 0.334 e. The van der Waals surface area contributed by atoms with Gasteiger partial charge in [-0.15, -0.1) is 0 Å². The minimum atomic E-state index is -1.00. The lowest BCUT2D eigenvalue weighted by atomic mass is 9.89. The van der Waals surface area contributed by atoms with Crippen LogP contribution in [0.3, 0.4) is 0 Å². The van der Waals surface area contributed by atoms with Crippen molar-refractivity contribution < 1.29 is 19.4 Å². The lowest BCUT2D eigenvalue weighted by Gasteiger charge is -2.40. The molecule has 2 rings (SSSR count). The number of carbonyl (C=O) groups excluding carboxylic acids is 1. The van der Waals surface area contributed by atoms with E-state index < -0.39 is 12.1 Å². The summed E-state index contributed by atoms with van der Waals surface area (Å²) in [6.45, 7) is 6.81. The smallest absolute Gasteiger partial charge is 0.334 e. The van der Waals surface area contributed by atoms with Crippen LogP contribution in [0, 0.1) is 11.8 Å². The highest BCUT2D eigenvalue weighted by molar-refractivity contribution is 5.77. The zero-order valence-corrected chi connectivity index (χ0v) is 11.5. The molecule has 6 heteroatoms. The van der Waals surface area contributed by atoms with Crippen molar-refractivity contribution in [3.63, 3.8) is 0 Å². The Labute approximate surface area is 113 Å². The van der Waals surface area contributed by atoms with Gasteiger partial charge in [-0.1, -0.05) is 13.8 Å². The molecule has 2 aliphatic heterocycles. The predicted molar refractivity (Wildman–Crippen MR) is 68.9 cm³/mol. The molecule has 6 nitrogen and oxygen atoms in total. The fraction of sp³-hybridized carbons (Fsp3) is 0.846. The second-order valence-corrected chi connectivity index (χ2v) is 5.62. The van der Waals surface area contributed by atoms with Gasteiger partial charge in [-0.05, 0) is 18.3 Å². The molecule has 1 N–H and O–H groups in total. The van der Waals surface area contributed by atoms with E-state index in [1.54, 1.807) is 4.90 Å². The predicted octanol–water partition coefficient (Wildman–Crippen LogP) is 0.870. The van der Waals surface area contributed by atoms with Crippen molar-refractivity contribution in [2.24, 2.45) is 11.8 Å². The molecule has 3 atom stereocenters. The zero-order valence-electron chi connectivity index (χ0n) is 11.5. The quantitative estimate of drug-likeness (QED) is 0.767. The first-order chi connectivity index (χ1) is 8.99. The molecule has 2 amide bonds. The average Bonchev–Trinajstić information content (AvgIpc) is 2.41. The number of morpholine rings is 1. The fourth-order valence-corrected chi connectivity index (χ4v) is 2.61. The number of hydrogen-bond acceptors (Lipinski definition) is 3. The van der Waals surface area contributed by atoms with Crippen LogP contribution in [0.15, 0.2) is 0 Å². The SMILES string of the molecule is CC1CCN(C(=O)N2CCOC(C(=O)O)C2)CC1C. The van der Waals surface area contributed by atoms with Gasteiger partial charge in [0.1, 0.15) is 0 Å². The molecule has 0 aromatic heterocycles. The molecule has 0 aliphatic carbocycles. The molecule has 0 aromatic rings. The summed E-state index contributed by atoms with van der Waals surface area (Å²) in [6, 6.07) is -0.0479. The Balaban J connectivity index is 1.94. The zero-order chi connectivity index (χ0) is 14.0. The Morgan fingerprint density at radius 1 is 1.11 bits per heavy atom. The number of aliphatic carboxylic acids is 1. The maximum absolute atomic E-state index is 12.4. The molecule has 2 saturated heterocycles. The van der Waals surface area contributed by atoms with Crippen molar-refractivity contribution in [1.82, 2.24) is 9.80 Å². The largest absolute Gasteiger partial charge is 0.479 e. The molecular formula is C13H22N2O4. The molecule has 0 aromatic carbocycles. The molecule has 2 fully saturated rings. The number of nitrogens with zero attached hydrogens (tertiary/aromatic N) is 2. The van der Waals surface area contributed by atoms with Crippen LogP contribution in [0.4, 0.5) is 4.79 Å². The van der Waals surface area contributed by atoms with E-state index in [2.05, 4.69) is 13.8 Å². The van der Waals surface area contributed by atoms with Gasteiger partial charge in [-0.3, -0.25) is 0 Å². The van der Waals surface area contributed by atoms with E-state index in [1.807, 2.05) is 4.90 Å². The van der Waals surface area contributed by atoms with E-state index in [0.29, 0.717) is 25.0 Å². The number of hydrogen-bond donors (Lipinski definition) is 1. The van der Waals surface area contributed by atoms with Gasteiger partial charge >= 0.3 is 12.0 Å². The summed E-state index contributed by atoms with van der Waals surface area (Å²) in [7, 11) is 0. The van der Waals surface area contributed by atoms with Gasteiger partial charge in [0.05, 0.1) is 13.2 Å². The standard InChI is InChI=1S/C13H22N2O4/c1-9-3-4-14(7-10(9)2)13(18)15-5-6-19-11(8-15)12(16)17/h9-11H,3-8H2,1-2H3,(H,16,17). The third-order valence-corrected chi connectivity index (χ3v) is 4.22. The van der Waals surface area contributed by atoms with E-state index in [1.165, 1.54) is 0 Å². The van der Waals surface area contributed by atoms with Crippen LogP contribution in [0.1, 0.15) is 20.3 Å². The minimum absolute atomic E-state index is 0.0479. The van der Waals surface area contributed by atoms with Gasteiger partial charge in [0, 0.05) is 19.6 Å². The Bertz CT molecular complexity index is 361.